The predicted molar refractivity (Wildman–Crippen MR) is 63.5 cm³/mol. The molecule has 0 aliphatic heterocycles. The first-order valence-electron chi connectivity index (χ1n) is 4.71. The van der Waals surface area contributed by atoms with Crippen LogP contribution in [0, 0.1) is 0 Å². The van der Waals surface area contributed by atoms with Crippen LogP contribution in [-0.4, -0.2) is 15.0 Å². The van der Waals surface area contributed by atoms with Crippen molar-refractivity contribution in [2.75, 3.05) is 0 Å². The molecule has 0 saturated heterocycles. The molecule has 0 atom stereocenters. The molecule has 5 heteroatoms. The number of thiophene rings is 1. The van der Waals surface area contributed by atoms with Crippen molar-refractivity contribution in [3.63, 3.8) is 0 Å². The Bertz CT molecular complexity index is 687. The first-order chi connectivity index (χ1) is 7.86. The van der Waals surface area contributed by atoms with Crippen molar-refractivity contribution in [1.82, 2.24) is 15.0 Å². The van der Waals surface area contributed by atoms with Gasteiger partial charge in [0, 0.05) is 23.3 Å². The molecule has 3 heterocycles. The van der Waals surface area contributed by atoms with Gasteiger partial charge in [-0.1, -0.05) is 0 Å². The largest absolute Gasteiger partial charge is 0.313 e. The maximum atomic E-state index is 11.7. The third kappa shape index (κ3) is 1.33. The molecule has 0 bridgehead atoms. The number of aromatic amines is 1. The molecule has 16 heavy (non-hydrogen) atoms. The number of fused-ring (bicyclic) bond motifs is 1. The third-order valence-electron chi connectivity index (χ3n) is 2.37. The number of H-pyrrole nitrogens is 1. The van der Waals surface area contributed by atoms with Crippen LogP contribution in [0.1, 0.15) is 0 Å². The van der Waals surface area contributed by atoms with Crippen molar-refractivity contribution >= 4 is 21.6 Å². The molecule has 0 aromatic carbocycles. The molecule has 0 spiro atoms. The lowest BCUT2D eigenvalue weighted by molar-refractivity contribution is 1.18. The smallest absolute Gasteiger partial charge is 0.260 e. The number of nitrogens with zero attached hydrogens (tertiary/aromatic N) is 2. The lowest BCUT2D eigenvalue weighted by atomic mass is 10.1. The Morgan fingerprint density at radius 2 is 2.06 bits per heavy atom. The Morgan fingerprint density at radius 3 is 2.88 bits per heavy atom. The zero-order valence-electron chi connectivity index (χ0n) is 8.18. The SMILES string of the molecule is O=c1[nH]cnc2scc(-c3ccncc3)c12. The van der Waals surface area contributed by atoms with Gasteiger partial charge < -0.3 is 4.98 Å². The van der Waals surface area contributed by atoms with Crippen LogP contribution in [0.4, 0.5) is 0 Å². The number of aromatic nitrogens is 3. The van der Waals surface area contributed by atoms with Crippen LogP contribution in [0.15, 0.2) is 41.0 Å². The predicted octanol–water partition coefficient (Wildman–Crippen LogP) is 2.05. The van der Waals surface area contributed by atoms with E-state index < -0.39 is 0 Å². The topological polar surface area (TPSA) is 58.6 Å². The summed E-state index contributed by atoms with van der Waals surface area (Å²) < 4.78 is 0. The van der Waals surface area contributed by atoms with Gasteiger partial charge >= 0.3 is 0 Å². The molecule has 3 rings (SSSR count). The first-order valence-corrected chi connectivity index (χ1v) is 5.59. The van der Waals surface area contributed by atoms with Gasteiger partial charge in [-0.3, -0.25) is 9.78 Å². The number of pyridine rings is 1. The van der Waals surface area contributed by atoms with E-state index in [2.05, 4.69) is 15.0 Å². The van der Waals surface area contributed by atoms with Crippen LogP contribution in [0.5, 0.6) is 0 Å². The molecule has 0 saturated carbocycles. The number of nitrogens with one attached hydrogen (secondary N) is 1. The van der Waals surface area contributed by atoms with Crippen molar-refractivity contribution in [3.05, 3.63) is 46.6 Å². The minimum atomic E-state index is -0.0990. The Morgan fingerprint density at radius 1 is 1.25 bits per heavy atom. The average molecular weight is 229 g/mol. The van der Waals surface area contributed by atoms with E-state index in [1.165, 1.54) is 17.7 Å². The summed E-state index contributed by atoms with van der Waals surface area (Å²) in [6, 6.07) is 3.77. The van der Waals surface area contributed by atoms with Crippen LogP contribution in [0.25, 0.3) is 21.3 Å². The molecular weight excluding hydrogens is 222 g/mol. The molecule has 0 aliphatic carbocycles. The van der Waals surface area contributed by atoms with E-state index >= 15 is 0 Å². The van der Waals surface area contributed by atoms with E-state index in [0.29, 0.717) is 5.39 Å². The van der Waals surface area contributed by atoms with E-state index in [1.54, 1.807) is 12.4 Å². The Balaban J connectivity index is 2.38. The Kier molecular flexibility index (Phi) is 2.04. The number of hydrogen-bond acceptors (Lipinski definition) is 4. The van der Waals surface area contributed by atoms with Gasteiger partial charge in [0.25, 0.3) is 5.56 Å². The summed E-state index contributed by atoms with van der Waals surface area (Å²) in [4.78, 5) is 23.2. The van der Waals surface area contributed by atoms with E-state index in [-0.39, 0.29) is 5.56 Å². The summed E-state index contributed by atoms with van der Waals surface area (Å²) in [6.07, 6.45) is 4.85. The lowest BCUT2D eigenvalue weighted by Gasteiger charge is -1.96. The molecule has 0 unspecified atom stereocenters. The minimum Gasteiger partial charge on any atom is -0.313 e. The third-order valence-corrected chi connectivity index (χ3v) is 3.25. The highest BCUT2D eigenvalue weighted by Gasteiger charge is 2.09. The Labute approximate surface area is 94.6 Å². The number of hydrogen-bond donors (Lipinski definition) is 1. The molecule has 3 aromatic heterocycles. The second-order valence-electron chi connectivity index (χ2n) is 3.30. The van der Waals surface area contributed by atoms with E-state index in [4.69, 9.17) is 0 Å². The van der Waals surface area contributed by atoms with Gasteiger partial charge in [0.05, 0.1) is 11.7 Å². The quantitative estimate of drug-likeness (QED) is 0.694. The highest BCUT2D eigenvalue weighted by atomic mass is 32.1. The van der Waals surface area contributed by atoms with Gasteiger partial charge in [0.2, 0.25) is 0 Å². The Hall–Kier alpha value is -2.01. The van der Waals surface area contributed by atoms with Crippen LogP contribution in [-0.2, 0) is 0 Å². The highest BCUT2D eigenvalue weighted by Crippen LogP contribution is 2.29. The molecule has 0 fully saturated rings. The maximum Gasteiger partial charge on any atom is 0.260 e. The zero-order chi connectivity index (χ0) is 11.0. The van der Waals surface area contributed by atoms with Crippen molar-refractivity contribution in [2.45, 2.75) is 0 Å². The fraction of sp³-hybridized carbons (Fsp3) is 0. The van der Waals surface area contributed by atoms with Crippen molar-refractivity contribution in [3.8, 4) is 11.1 Å². The molecule has 0 radical (unpaired) electrons. The fourth-order valence-corrected chi connectivity index (χ4v) is 2.55. The molecule has 0 amide bonds. The molecular formula is C11H7N3OS. The maximum absolute atomic E-state index is 11.7. The van der Waals surface area contributed by atoms with Gasteiger partial charge in [0.1, 0.15) is 4.83 Å². The second-order valence-corrected chi connectivity index (χ2v) is 4.16. The van der Waals surface area contributed by atoms with Crippen molar-refractivity contribution < 1.29 is 0 Å². The van der Waals surface area contributed by atoms with Crippen LogP contribution in [0.2, 0.25) is 0 Å². The molecule has 1 N–H and O–H groups in total. The molecule has 78 valence electrons. The summed E-state index contributed by atoms with van der Waals surface area (Å²) in [5.74, 6) is 0. The summed E-state index contributed by atoms with van der Waals surface area (Å²) >= 11 is 1.47. The standard InChI is InChI=1S/C11H7N3OS/c15-10-9-8(7-1-3-12-4-2-7)5-16-11(9)14-6-13-10/h1-6H,(H,13,14,15). The van der Waals surface area contributed by atoms with Crippen molar-refractivity contribution in [2.24, 2.45) is 0 Å². The van der Waals surface area contributed by atoms with Crippen LogP contribution >= 0.6 is 11.3 Å². The average Bonchev–Trinajstić information content (AvgIpc) is 2.75. The monoisotopic (exact) mass is 229 g/mol. The van der Waals surface area contributed by atoms with E-state index in [9.17, 15) is 4.79 Å². The molecule has 0 aliphatic rings. The summed E-state index contributed by atoms with van der Waals surface area (Å²) in [6.45, 7) is 0. The summed E-state index contributed by atoms with van der Waals surface area (Å²) in [5.41, 5.74) is 1.80. The normalized spacial score (nSPS) is 10.8. The van der Waals surface area contributed by atoms with Gasteiger partial charge in [-0.25, -0.2) is 4.98 Å². The summed E-state index contributed by atoms with van der Waals surface area (Å²) in [7, 11) is 0. The molecule has 3 aromatic rings. The fourth-order valence-electron chi connectivity index (χ4n) is 1.63. The van der Waals surface area contributed by atoms with E-state index in [0.717, 1.165) is 16.0 Å². The van der Waals surface area contributed by atoms with Crippen molar-refractivity contribution in [1.29, 1.82) is 0 Å². The molecule has 4 nitrogen and oxygen atoms in total. The van der Waals surface area contributed by atoms with Crippen LogP contribution in [0.3, 0.4) is 0 Å². The van der Waals surface area contributed by atoms with Gasteiger partial charge in [-0.15, -0.1) is 11.3 Å². The minimum absolute atomic E-state index is 0.0990. The highest BCUT2D eigenvalue weighted by molar-refractivity contribution is 7.17. The second kappa shape index (κ2) is 3.53. The first kappa shape index (κ1) is 9.23. The lowest BCUT2D eigenvalue weighted by Crippen LogP contribution is -2.05. The van der Waals surface area contributed by atoms with Crippen LogP contribution < -0.4 is 5.56 Å². The van der Waals surface area contributed by atoms with E-state index in [1.807, 2.05) is 17.5 Å². The van der Waals surface area contributed by atoms with Gasteiger partial charge in [0.15, 0.2) is 0 Å². The summed E-state index contributed by atoms with van der Waals surface area (Å²) in [5, 5.41) is 2.60. The van der Waals surface area contributed by atoms with Gasteiger partial charge in [-0.05, 0) is 17.7 Å². The zero-order valence-corrected chi connectivity index (χ0v) is 8.99. The van der Waals surface area contributed by atoms with Gasteiger partial charge in [-0.2, -0.15) is 0 Å². The number of rotatable bonds is 1.